The van der Waals surface area contributed by atoms with Gasteiger partial charge in [0, 0.05) is 18.7 Å². The first-order chi connectivity index (χ1) is 15.3. The average molecular weight is 435 g/mol. The number of nitrogens with zero attached hydrogens (tertiary/aromatic N) is 6. The molecule has 1 aliphatic heterocycles. The Morgan fingerprint density at radius 3 is 2.65 bits per heavy atom. The fourth-order valence-corrected chi connectivity index (χ4v) is 4.25. The molecule has 9 heteroatoms. The van der Waals surface area contributed by atoms with E-state index in [4.69, 9.17) is 9.26 Å². The molecule has 0 unspecified atom stereocenters. The Bertz CT molecular complexity index is 1150. The van der Waals surface area contributed by atoms with Crippen LogP contribution in [0, 0.1) is 6.92 Å². The minimum absolute atomic E-state index is 0.507. The van der Waals surface area contributed by atoms with Crippen LogP contribution in [0.15, 0.2) is 64.3 Å². The Morgan fingerprint density at radius 2 is 1.84 bits per heavy atom. The van der Waals surface area contributed by atoms with E-state index in [9.17, 15) is 0 Å². The largest absolute Gasteiger partial charge is 0.378 e. The molecule has 3 heterocycles. The number of benzene rings is 2. The standard InChI is InChI=1S/C22H22N6O2S/c1-16-6-5-9-18(14-16)28-21(27-10-12-29-13-11-27)24-25-22(28)31-15-19-23-20(26-30-19)17-7-3-2-4-8-17/h2-9,14H,10-13,15H2,1H3. The van der Waals surface area contributed by atoms with Crippen LogP contribution in [0.1, 0.15) is 11.5 Å². The predicted octanol–water partition coefficient (Wildman–Crippen LogP) is 3.75. The summed E-state index contributed by atoms with van der Waals surface area (Å²) in [6.45, 7) is 5.04. The molecule has 4 aromatic rings. The van der Waals surface area contributed by atoms with E-state index in [-0.39, 0.29) is 0 Å². The minimum Gasteiger partial charge on any atom is -0.378 e. The molecule has 158 valence electrons. The van der Waals surface area contributed by atoms with Gasteiger partial charge in [-0.25, -0.2) is 0 Å². The van der Waals surface area contributed by atoms with Crippen LogP contribution in [0.2, 0.25) is 0 Å². The Labute approximate surface area is 184 Å². The zero-order valence-corrected chi connectivity index (χ0v) is 18.0. The SMILES string of the molecule is Cc1cccc(-n2c(SCc3nc(-c4ccccc4)no3)nnc2N2CCOCC2)c1. The van der Waals surface area contributed by atoms with Gasteiger partial charge in [-0.15, -0.1) is 10.2 Å². The highest BCUT2D eigenvalue weighted by Gasteiger charge is 2.22. The third-order valence-corrected chi connectivity index (χ3v) is 5.91. The van der Waals surface area contributed by atoms with Crippen molar-refractivity contribution in [2.45, 2.75) is 17.8 Å². The number of hydrogen-bond donors (Lipinski definition) is 0. The second-order valence-corrected chi connectivity index (χ2v) is 8.17. The Balaban J connectivity index is 1.41. The molecule has 31 heavy (non-hydrogen) atoms. The van der Waals surface area contributed by atoms with Crippen LogP contribution in [0.4, 0.5) is 5.95 Å². The zero-order valence-electron chi connectivity index (χ0n) is 17.1. The maximum atomic E-state index is 5.50. The second-order valence-electron chi connectivity index (χ2n) is 7.22. The summed E-state index contributed by atoms with van der Waals surface area (Å²) in [5.74, 6) is 2.47. The van der Waals surface area contributed by atoms with Crippen molar-refractivity contribution < 1.29 is 9.26 Å². The van der Waals surface area contributed by atoms with E-state index < -0.39 is 0 Å². The van der Waals surface area contributed by atoms with Crippen LogP contribution < -0.4 is 4.90 Å². The molecule has 0 aliphatic carbocycles. The normalized spacial score (nSPS) is 14.2. The summed E-state index contributed by atoms with van der Waals surface area (Å²) in [5, 5.41) is 13.9. The molecule has 0 saturated carbocycles. The van der Waals surface area contributed by atoms with Crippen LogP contribution in [-0.2, 0) is 10.5 Å². The predicted molar refractivity (Wildman–Crippen MR) is 118 cm³/mol. The molecule has 8 nitrogen and oxygen atoms in total. The van der Waals surface area contributed by atoms with Crippen molar-refractivity contribution in [1.82, 2.24) is 24.9 Å². The number of rotatable bonds is 6. The number of hydrogen-bond acceptors (Lipinski definition) is 8. The first-order valence-electron chi connectivity index (χ1n) is 10.1. The highest BCUT2D eigenvalue weighted by atomic mass is 32.2. The molecule has 2 aromatic heterocycles. The van der Waals surface area contributed by atoms with Crippen LogP contribution >= 0.6 is 11.8 Å². The van der Waals surface area contributed by atoms with Gasteiger partial charge in [-0.1, -0.05) is 59.4 Å². The van der Waals surface area contributed by atoms with Crippen molar-refractivity contribution in [2.75, 3.05) is 31.2 Å². The molecular formula is C22H22N6O2S. The first kappa shape index (κ1) is 19.8. The van der Waals surface area contributed by atoms with Crippen LogP contribution in [-0.4, -0.2) is 51.2 Å². The van der Waals surface area contributed by atoms with Gasteiger partial charge in [0.1, 0.15) is 0 Å². The fraction of sp³-hybridized carbons (Fsp3) is 0.273. The van der Waals surface area contributed by atoms with Crippen LogP contribution in [0.5, 0.6) is 0 Å². The second kappa shape index (κ2) is 8.91. The minimum atomic E-state index is 0.507. The van der Waals surface area contributed by atoms with E-state index >= 15 is 0 Å². The van der Waals surface area contributed by atoms with Gasteiger partial charge in [-0.05, 0) is 24.6 Å². The lowest BCUT2D eigenvalue weighted by molar-refractivity contribution is 0.122. The molecule has 0 spiro atoms. The summed E-state index contributed by atoms with van der Waals surface area (Å²) in [7, 11) is 0. The summed E-state index contributed by atoms with van der Waals surface area (Å²) in [5.41, 5.74) is 3.14. The van der Waals surface area contributed by atoms with E-state index in [2.05, 4.69) is 54.9 Å². The number of thioether (sulfide) groups is 1. The number of ether oxygens (including phenoxy) is 1. The van der Waals surface area contributed by atoms with E-state index in [1.54, 1.807) is 0 Å². The first-order valence-corrected chi connectivity index (χ1v) is 11.1. The molecule has 1 saturated heterocycles. The van der Waals surface area contributed by atoms with Gasteiger partial charge in [0.05, 0.1) is 24.7 Å². The summed E-state index contributed by atoms with van der Waals surface area (Å²) < 4.78 is 13.1. The topological polar surface area (TPSA) is 82.1 Å². The lowest BCUT2D eigenvalue weighted by Crippen LogP contribution is -2.37. The molecule has 1 fully saturated rings. The van der Waals surface area contributed by atoms with Crippen molar-refractivity contribution in [3.63, 3.8) is 0 Å². The van der Waals surface area contributed by atoms with Gasteiger partial charge >= 0.3 is 0 Å². The molecule has 5 rings (SSSR count). The molecule has 0 atom stereocenters. The van der Waals surface area contributed by atoms with Gasteiger partial charge in [0.15, 0.2) is 5.16 Å². The molecule has 2 aromatic carbocycles. The number of anilines is 1. The number of morpholine rings is 1. The van der Waals surface area contributed by atoms with Crippen molar-refractivity contribution in [3.8, 4) is 17.1 Å². The van der Waals surface area contributed by atoms with E-state index in [0.717, 1.165) is 35.4 Å². The molecule has 0 radical (unpaired) electrons. The van der Waals surface area contributed by atoms with Crippen molar-refractivity contribution >= 4 is 17.7 Å². The molecule has 0 N–H and O–H groups in total. The zero-order chi connectivity index (χ0) is 21.0. The van der Waals surface area contributed by atoms with Gasteiger partial charge in [0.25, 0.3) is 0 Å². The van der Waals surface area contributed by atoms with Crippen LogP contribution in [0.25, 0.3) is 17.1 Å². The van der Waals surface area contributed by atoms with Crippen molar-refractivity contribution in [2.24, 2.45) is 0 Å². The Morgan fingerprint density at radius 1 is 1.00 bits per heavy atom. The number of aromatic nitrogens is 5. The molecular weight excluding hydrogens is 412 g/mol. The highest BCUT2D eigenvalue weighted by Crippen LogP contribution is 2.29. The fourth-order valence-electron chi connectivity index (χ4n) is 3.46. The van der Waals surface area contributed by atoms with Crippen molar-refractivity contribution in [1.29, 1.82) is 0 Å². The maximum Gasteiger partial charge on any atom is 0.237 e. The monoisotopic (exact) mass is 434 g/mol. The average Bonchev–Trinajstić information content (AvgIpc) is 3.46. The van der Waals surface area contributed by atoms with Gasteiger partial charge in [-0.3, -0.25) is 4.57 Å². The molecule has 0 bridgehead atoms. The molecule has 1 aliphatic rings. The molecule has 0 amide bonds. The lowest BCUT2D eigenvalue weighted by atomic mass is 10.2. The van der Waals surface area contributed by atoms with Gasteiger partial charge in [-0.2, -0.15) is 4.98 Å². The number of aryl methyl sites for hydroxylation is 1. The highest BCUT2D eigenvalue weighted by molar-refractivity contribution is 7.98. The summed E-state index contributed by atoms with van der Waals surface area (Å²) in [6, 6.07) is 18.1. The van der Waals surface area contributed by atoms with Gasteiger partial charge in [0.2, 0.25) is 17.7 Å². The lowest BCUT2D eigenvalue weighted by Gasteiger charge is -2.28. The van der Waals surface area contributed by atoms with E-state index in [1.165, 1.54) is 17.3 Å². The third-order valence-electron chi connectivity index (χ3n) is 4.99. The Hall–Kier alpha value is -3.17. The maximum absolute atomic E-state index is 5.50. The Kier molecular flexibility index (Phi) is 5.68. The van der Waals surface area contributed by atoms with Crippen molar-refractivity contribution in [3.05, 3.63) is 66.1 Å². The third kappa shape index (κ3) is 4.33. The van der Waals surface area contributed by atoms with Crippen LogP contribution in [0.3, 0.4) is 0 Å². The summed E-state index contributed by atoms with van der Waals surface area (Å²) in [4.78, 5) is 6.74. The smallest absolute Gasteiger partial charge is 0.237 e. The van der Waals surface area contributed by atoms with E-state index in [1.807, 2.05) is 36.4 Å². The summed E-state index contributed by atoms with van der Waals surface area (Å²) >= 11 is 1.53. The quantitative estimate of drug-likeness (QED) is 0.424. The van der Waals surface area contributed by atoms with E-state index in [0.29, 0.717) is 30.7 Å². The summed E-state index contributed by atoms with van der Waals surface area (Å²) in [6.07, 6.45) is 0. The van der Waals surface area contributed by atoms with Gasteiger partial charge < -0.3 is 14.2 Å².